The number of nitriles is 1. The Balaban J connectivity index is 0.903. The first-order valence-corrected chi connectivity index (χ1v) is 18.8. The lowest BCUT2D eigenvalue weighted by atomic mass is 9.49. The zero-order valence-electron chi connectivity index (χ0n) is 31.5. The van der Waals surface area contributed by atoms with E-state index in [2.05, 4.69) is 64.9 Å². The number of hydrogen-bond donors (Lipinski definition) is 3. The lowest BCUT2D eigenvalue weighted by Gasteiger charge is -2.63. The third-order valence-electron chi connectivity index (χ3n) is 11.2. The summed E-state index contributed by atoms with van der Waals surface area (Å²) in [6.07, 6.45) is 0.0428. The first kappa shape index (κ1) is 38.3. The summed E-state index contributed by atoms with van der Waals surface area (Å²) in [5, 5.41) is 26.3. The van der Waals surface area contributed by atoms with Crippen molar-refractivity contribution in [1.82, 2.24) is 30.5 Å². The van der Waals surface area contributed by atoms with Gasteiger partial charge in [0.05, 0.1) is 22.5 Å². The SMILES string of the molecule is CC1(C)C(NC(=O)c2ccc(N3CCN(C(=O)CNc4ccc5nnn(C6CCC(=O)NC6=O)c(=O)c5c4)CC3)cc2)C(C)(C)C1Oc1ccc(C#N)c(Cl)c1. The molecular weight excluding hydrogens is 738 g/mol. The monoisotopic (exact) mass is 779 g/mol. The summed E-state index contributed by atoms with van der Waals surface area (Å²) in [4.78, 5) is 67.7. The maximum Gasteiger partial charge on any atom is 0.278 e. The fourth-order valence-corrected chi connectivity index (χ4v) is 8.63. The zero-order chi connectivity index (χ0) is 39.9. The van der Waals surface area contributed by atoms with Crippen LogP contribution >= 0.6 is 11.6 Å². The smallest absolute Gasteiger partial charge is 0.278 e. The first-order valence-electron chi connectivity index (χ1n) is 18.4. The average Bonchev–Trinajstić information content (AvgIpc) is 3.18. The molecule has 3 aromatic carbocycles. The van der Waals surface area contributed by atoms with Gasteiger partial charge in [-0.1, -0.05) is 44.5 Å². The topological polar surface area (TPSA) is 192 Å². The van der Waals surface area contributed by atoms with Gasteiger partial charge in [-0.05, 0) is 61.0 Å². The normalized spacial score (nSPS) is 21.4. The Morgan fingerprint density at radius 1 is 0.982 bits per heavy atom. The van der Waals surface area contributed by atoms with Crippen LogP contribution < -0.4 is 31.1 Å². The van der Waals surface area contributed by atoms with Crippen LogP contribution in [0.1, 0.15) is 62.5 Å². The lowest BCUT2D eigenvalue weighted by Crippen LogP contribution is -2.74. The van der Waals surface area contributed by atoms with Crippen molar-refractivity contribution in [2.45, 2.75) is 58.7 Å². The fraction of sp³-hybridized carbons (Fsp3) is 0.400. The summed E-state index contributed by atoms with van der Waals surface area (Å²) in [5.41, 5.74) is 1.47. The van der Waals surface area contributed by atoms with E-state index in [0.29, 0.717) is 59.3 Å². The van der Waals surface area contributed by atoms with E-state index in [1.165, 1.54) is 0 Å². The van der Waals surface area contributed by atoms with Crippen molar-refractivity contribution in [3.05, 3.63) is 87.2 Å². The molecule has 2 saturated heterocycles. The van der Waals surface area contributed by atoms with Crippen molar-refractivity contribution in [3.8, 4) is 11.8 Å². The highest BCUT2D eigenvalue weighted by Crippen LogP contribution is 2.55. The van der Waals surface area contributed by atoms with E-state index >= 15 is 0 Å². The Morgan fingerprint density at radius 3 is 2.36 bits per heavy atom. The fourth-order valence-electron chi connectivity index (χ4n) is 8.42. The van der Waals surface area contributed by atoms with Crippen LogP contribution in [0, 0.1) is 22.2 Å². The molecule has 16 heteroatoms. The van der Waals surface area contributed by atoms with Crippen molar-refractivity contribution in [3.63, 3.8) is 0 Å². The second kappa shape index (κ2) is 14.9. The van der Waals surface area contributed by atoms with Crippen LogP contribution in [0.3, 0.4) is 0 Å². The summed E-state index contributed by atoms with van der Waals surface area (Å²) in [7, 11) is 0. The number of hydrogen-bond acceptors (Lipinski definition) is 11. The number of halogens is 1. The number of imide groups is 1. The van der Waals surface area contributed by atoms with Gasteiger partial charge in [-0.3, -0.25) is 29.3 Å². The van der Waals surface area contributed by atoms with Crippen LogP contribution in [0.4, 0.5) is 11.4 Å². The summed E-state index contributed by atoms with van der Waals surface area (Å²) in [5.74, 6) is -0.686. The van der Waals surface area contributed by atoms with Gasteiger partial charge in [0.1, 0.15) is 29.5 Å². The number of ether oxygens (including phenoxy) is 1. The lowest BCUT2D eigenvalue weighted by molar-refractivity contribution is -0.164. The van der Waals surface area contributed by atoms with E-state index in [1.54, 1.807) is 41.3 Å². The quantitative estimate of drug-likeness (QED) is 0.210. The molecule has 4 amide bonds. The molecule has 3 fully saturated rings. The number of anilines is 2. The number of piperidine rings is 1. The highest BCUT2D eigenvalue weighted by Gasteiger charge is 2.64. The first-order chi connectivity index (χ1) is 26.7. The average molecular weight is 780 g/mol. The largest absolute Gasteiger partial charge is 0.489 e. The van der Waals surface area contributed by atoms with Crippen molar-refractivity contribution in [2.24, 2.45) is 10.8 Å². The molecular formula is C40H42ClN9O6. The highest BCUT2D eigenvalue weighted by molar-refractivity contribution is 6.31. The number of carbonyl (C=O) groups is 4. The number of benzene rings is 3. The molecule has 15 nitrogen and oxygen atoms in total. The second-order valence-electron chi connectivity index (χ2n) is 15.6. The molecule has 2 aliphatic heterocycles. The minimum Gasteiger partial charge on any atom is -0.489 e. The van der Waals surface area contributed by atoms with Gasteiger partial charge in [-0.15, -0.1) is 5.10 Å². The maximum atomic E-state index is 13.4. The van der Waals surface area contributed by atoms with Crippen LogP contribution in [-0.2, 0) is 14.4 Å². The molecule has 4 aromatic rings. The van der Waals surface area contributed by atoms with Crippen LogP contribution in [0.5, 0.6) is 5.75 Å². The minimum absolute atomic E-state index is 0.0143. The molecule has 1 unspecified atom stereocenters. The summed E-state index contributed by atoms with van der Waals surface area (Å²) >= 11 is 6.23. The van der Waals surface area contributed by atoms with E-state index in [0.717, 1.165) is 10.4 Å². The van der Waals surface area contributed by atoms with Gasteiger partial charge in [-0.25, -0.2) is 0 Å². The Bertz CT molecular complexity index is 2310. The Kier molecular flexibility index (Phi) is 10.2. The summed E-state index contributed by atoms with van der Waals surface area (Å²) in [6.45, 7) is 10.5. The molecule has 290 valence electrons. The van der Waals surface area contributed by atoms with Crippen LogP contribution in [0.2, 0.25) is 5.02 Å². The molecule has 3 N–H and O–H groups in total. The molecule has 0 bridgehead atoms. The number of amides is 4. The van der Waals surface area contributed by atoms with Gasteiger partial charge in [0, 0.05) is 72.5 Å². The third-order valence-corrected chi connectivity index (χ3v) is 11.5. The molecule has 0 spiro atoms. The number of piperazine rings is 1. The van der Waals surface area contributed by atoms with Crippen molar-refractivity contribution >= 4 is 57.5 Å². The van der Waals surface area contributed by atoms with Crippen molar-refractivity contribution in [1.29, 1.82) is 5.26 Å². The zero-order valence-corrected chi connectivity index (χ0v) is 32.2. The number of fused-ring (bicyclic) bond motifs is 1. The molecule has 7 rings (SSSR count). The molecule has 1 aliphatic carbocycles. The number of nitrogens with one attached hydrogen (secondary N) is 3. The molecule has 1 atom stereocenters. The summed E-state index contributed by atoms with van der Waals surface area (Å²) < 4.78 is 7.35. The Morgan fingerprint density at radius 2 is 1.70 bits per heavy atom. The maximum absolute atomic E-state index is 13.4. The predicted molar refractivity (Wildman–Crippen MR) is 208 cm³/mol. The van der Waals surface area contributed by atoms with E-state index in [-0.39, 0.29) is 59.6 Å². The van der Waals surface area contributed by atoms with E-state index in [4.69, 9.17) is 16.3 Å². The Hall–Kier alpha value is -6.01. The molecule has 0 radical (unpaired) electrons. The number of carbonyl (C=O) groups excluding carboxylic acids is 4. The van der Waals surface area contributed by atoms with E-state index < -0.39 is 23.4 Å². The number of rotatable bonds is 9. The van der Waals surface area contributed by atoms with Gasteiger partial charge in [0.25, 0.3) is 17.4 Å². The van der Waals surface area contributed by atoms with Crippen molar-refractivity contribution in [2.75, 3.05) is 42.9 Å². The third kappa shape index (κ3) is 7.24. The van der Waals surface area contributed by atoms with Gasteiger partial charge < -0.3 is 25.2 Å². The predicted octanol–water partition coefficient (Wildman–Crippen LogP) is 3.67. The standard InChI is InChI=1S/C40H42ClN9O6/c1-39(2)37(40(3,4)38(39)56-27-11-7-24(21-42)29(41)20-27)45-34(53)23-5-9-26(10-6-23)48-15-17-49(18-16-48)33(52)22-43-25-8-12-30-28(19-25)36(55)50(47-46-30)31-13-14-32(51)44-35(31)54/h5-12,19-20,31,37-38,43H,13-18,22H2,1-4H3,(H,45,53)(H,44,51,54). The molecule has 1 saturated carbocycles. The van der Waals surface area contributed by atoms with Crippen LogP contribution in [0.25, 0.3) is 10.9 Å². The van der Waals surface area contributed by atoms with Gasteiger partial charge in [-0.2, -0.15) is 9.94 Å². The van der Waals surface area contributed by atoms with Gasteiger partial charge >= 0.3 is 0 Å². The Labute approximate surface area is 327 Å². The molecule has 3 aliphatic rings. The molecule has 1 aromatic heterocycles. The van der Waals surface area contributed by atoms with E-state index in [1.807, 2.05) is 24.3 Å². The summed E-state index contributed by atoms with van der Waals surface area (Å²) in [6, 6.07) is 18.4. The van der Waals surface area contributed by atoms with Crippen LogP contribution in [0.15, 0.2) is 65.5 Å². The number of aromatic nitrogens is 3. The molecule has 3 heterocycles. The van der Waals surface area contributed by atoms with E-state index in [9.17, 15) is 29.2 Å². The highest BCUT2D eigenvalue weighted by atomic mass is 35.5. The van der Waals surface area contributed by atoms with Gasteiger partial charge in [0.2, 0.25) is 11.8 Å². The number of nitrogens with zero attached hydrogens (tertiary/aromatic N) is 6. The minimum atomic E-state index is -0.928. The molecule has 56 heavy (non-hydrogen) atoms. The van der Waals surface area contributed by atoms with Crippen LogP contribution in [-0.4, -0.2) is 88.4 Å². The van der Waals surface area contributed by atoms with Crippen molar-refractivity contribution < 1.29 is 23.9 Å². The second-order valence-corrected chi connectivity index (χ2v) is 16.0. The van der Waals surface area contributed by atoms with Gasteiger partial charge in [0.15, 0.2) is 0 Å².